The largest absolute Gasteiger partial charge is 0.312 e. The highest BCUT2D eigenvalue weighted by atomic mass is 127. The summed E-state index contributed by atoms with van der Waals surface area (Å²) in [5.74, 6) is 0. The maximum atomic E-state index is 12.6. The number of nitrogens with zero attached hydrogens (tertiary/aromatic N) is 1. The molecule has 0 bridgehead atoms. The van der Waals surface area contributed by atoms with E-state index in [4.69, 9.17) is 0 Å². The summed E-state index contributed by atoms with van der Waals surface area (Å²) in [4.78, 5) is 16.8. The van der Waals surface area contributed by atoms with Crippen molar-refractivity contribution in [2.45, 2.75) is 4.18 Å². The van der Waals surface area contributed by atoms with Gasteiger partial charge in [0.05, 0.1) is 6.33 Å². The molecule has 6 heteroatoms. The number of nitrogens with one attached hydrogen (secondary N) is 1. The number of aromatic amines is 1. The van der Waals surface area contributed by atoms with E-state index in [0.29, 0.717) is 0 Å². The van der Waals surface area contributed by atoms with Gasteiger partial charge in [0.15, 0.2) is 4.18 Å². The highest BCUT2D eigenvalue weighted by Crippen LogP contribution is 2.26. The van der Waals surface area contributed by atoms with Crippen molar-refractivity contribution >= 4 is 38.5 Å². The van der Waals surface area contributed by atoms with Crippen LogP contribution in [0.4, 0.5) is 4.39 Å². The predicted octanol–water partition coefficient (Wildman–Crippen LogP) is 1.94. The Bertz CT molecular complexity index is 314. The molecule has 0 aliphatic rings. The number of aromatic nitrogens is 2. The van der Waals surface area contributed by atoms with E-state index in [1.54, 1.807) is 0 Å². The van der Waals surface area contributed by atoms with Gasteiger partial charge in [-0.3, -0.25) is 4.79 Å². The summed E-state index contributed by atoms with van der Waals surface area (Å²) in [6, 6.07) is 0. The fourth-order valence-corrected chi connectivity index (χ4v) is 1.87. The zero-order valence-corrected chi connectivity index (χ0v) is 8.89. The van der Waals surface area contributed by atoms with Crippen molar-refractivity contribution in [2.75, 3.05) is 0 Å². The Hall–Kier alpha value is 0.0200. The number of hydrogen-bond donors (Lipinski definition) is 1. The first-order chi connectivity index (χ1) is 5.13. The Balaban J connectivity index is 3.28. The molecular weight excluding hydrogens is 330 g/mol. The zero-order chi connectivity index (χ0) is 8.43. The minimum absolute atomic E-state index is 0.120. The second kappa shape index (κ2) is 3.61. The molecule has 0 spiro atoms. The molecule has 60 valence electrons. The summed E-state index contributed by atoms with van der Waals surface area (Å²) < 4.78 is 11.5. The van der Waals surface area contributed by atoms with Crippen molar-refractivity contribution in [2.24, 2.45) is 0 Å². The molecule has 0 aliphatic heterocycles. The Labute approximate surface area is 83.7 Å². The van der Waals surface area contributed by atoms with Crippen molar-refractivity contribution in [3.63, 3.8) is 0 Å². The third kappa shape index (κ3) is 1.98. The first-order valence-electron chi connectivity index (χ1n) is 2.64. The van der Waals surface area contributed by atoms with Crippen molar-refractivity contribution in [1.82, 2.24) is 9.97 Å². The Morgan fingerprint density at radius 3 is 2.91 bits per heavy atom. The van der Waals surface area contributed by atoms with Crippen LogP contribution in [0.1, 0.15) is 9.87 Å². The van der Waals surface area contributed by atoms with Crippen molar-refractivity contribution in [1.29, 1.82) is 0 Å². The van der Waals surface area contributed by atoms with Gasteiger partial charge >= 0.3 is 0 Å². The smallest absolute Gasteiger partial charge is 0.265 e. The summed E-state index contributed by atoms with van der Waals surface area (Å²) in [5.41, 5.74) is -0.247. The molecule has 11 heavy (non-hydrogen) atoms. The molecule has 0 saturated carbocycles. The summed E-state index contributed by atoms with van der Waals surface area (Å²) in [6.07, 6.45) is 1.17. The normalized spacial score (nSPS) is 13.0. The molecule has 1 heterocycles. The van der Waals surface area contributed by atoms with Crippen molar-refractivity contribution < 1.29 is 4.39 Å². The number of rotatable bonds is 1. The van der Waals surface area contributed by atoms with Gasteiger partial charge in [-0.15, -0.1) is 0 Å². The van der Waals surface area contributed by atoms with Gasteiger partial charge in [0.1, 0.15) is 10.2 Å². The van der Waals surface area contributed by atoms with Crippen LogP contribution >= 0.6 is 38.5 Å². The molecule has 1 atom stereocenters. The molecule has 1 unspecified atom stereocenters. The summed E-state index contributed by atoms with van der Waals surface area (Å²) in [6.45, 7) is 0. The van der Waals surface area contributed by atoms with Crippen LogP contribution in [0.15, 0.2) is 15.6 Å². The first kappa shape index (κ1) is 9.11. The number of alkyl halides is 2. The molecule has 0 aliphatic carbocycles. The van der Waals surface area contributed by atoms with Gasteiger partial charge in [-0.25, -0.2) is 9.37 Å². The average Bonchev–Trinajstić information content (AvgIpc) is 1.94. The van der Waals surface area contributed by atoms with Gasteiger partial charge in [-0.05, 0) is 38.5 Å². The van der Waals surface area contributed by atoms with Crippen LogP contribution in [-0.2, 0) is 0 Å². The number of hydrogen-bond acceptors (Lipinski definition) is 2. The van der Waals surface area contributed by atoms with Crippen LogP contribution in [0.3, 0.4) is 0 Å². The van der Waals surface area contributed by atoms with Crippen LogP contribution in [-0.4, -0.2) is 9.97 Å². The molecule has 1 aromatic heterocycles. The van der Waals surface area contributed by atoms with Crippen LogP contribution in [0.25, 0.3) is 0 Å². The minimum Gasteiger partial charge on any atom is -0.312 e. The lowest BCUT2D eigenvalue weighted by Gasteiger charge is -1.99. The standard InChI is InChI=1S/C5H3BrFIN2O/c6-2-3(4(7)8)9-1-10-5(2)11/h1,4H,(H,9,10,11). The maximum Gasteiger partial charge on any atom is 0.265 e. The van der Waals surface area contributed by atoms with Crippen LogP contribution in [0, 0.1) is 0 Å². The lowest BCUT2D eigenvalue weighted by molar-refractivity contribution is 0.478. The van der Waals surface area contributed by atoms with Gasteiger partial charge < -0.3 is 4.98 Å². The topological polar surface area (TPSA) is 45.8 Å². The second-order valence-corrected chi connectivity index (χ2v) is 3.62. The van der Waals surface area contributed by atoms with Gasteiger partial charge in [-0.2, -0.15) is 0 Å². The van der Waals surface area contributed by atoms with Crippen LogP contribution in [0.5, 0.6) is 0 Å². The SMILES string of the molecule is O=c1[nH]cnc(C(F)I)c1Br. The van der Waals surface area contributed by atoms with Crippen molar-refractivity contribution in [3.8, 4) is 0 Å². The fourth-order valence-electron chi connectivity index (χ4n) is 0.549. The Morgan fingerprint density at radius 2 is 2.45 bits per heavy atom. The van der Waals surface area contributed by atoms with Gasteiger partial charge in [0.2, 0.25) is 0 Å². The Morgan fingerprint density at radius 1 is 1.82 bits per heavy atom. The molecular formula is C5H3BrFIN2O. The van der Waals surface area contributed by atoms with Gasteiger partial charge in [0, 0.05) is 0 Å². The Kier molecular flexibility index (Phi) is 2.99. The second-order valence-electron chi connectivity index (χ2n) is 1.73. The van der Waals surface area contributed by atoms with E-state index in [2.05, 4.69) is 25.9 Å². The lowest BCUT2D eigenvalue weighted by atomic mass is 10.4. The first-order valence-corrected chi connectivity index (χ1v) is 4.68. The molecule has 1 aromatic rings. The fraction of sp³-hybridized carbons (Fsp3) is 0.200. The van der Waals surface area contributed by atoms with Crippen LogP contribution < -0.4 is 5.56 Å². The molecule has 0 radical (unpaired) electrons. The van der Waals surface area contributed by atoms with E-state index in [-0.39, 0.29) is 15.7 Å². The molecule has 0 amide bonds. The molecule has 0 fully saturated rings. The van der Waals surface area contributed by atoms with E-state index in [0.717, 1.165) is 0 Å². The van der Waals surface area contributed by atoms with Gasteiger partial charge in [0.25, 0.3) is 5.56 Å². The van der Waals surface area contributed by atoms with Gasteiger partial charge in [-0.1, -0.05) is 0 Å². The van der Waals surface area contributed by atoms with Crippen LogP contribution in [0.2, 0.25) is 0 Å². The molecule has 1 N–H and O–H groups in total. The van der Waals surface area contributed by atoms with E-state index < -0.39 is 4.18 Å². The third-order valence-electron chi connectivity index (χ3n) is 1.03. The summed E-state index contributed by atoms with van der Waals surface area (Å²) >= 11 is 4.47. The highest BCUT2D eigenvalue weighted by Gasteiger charge is 2.12. The predicted molar refractivity (Wildman–Crippen MR) is 50.4 cm³/mol. The zero-order valence-electron chi connectivity index (χ0n) is 5.14. The molecule has 3 nitrogen and oxygen atoms in total. The van der Waals surface area contributed by atoms with E-state index >= 15 is 0 Å². The quantitative estimate of drug-likeness (QED) is 0.631. The molecule has 1 rings (SSSR count). The average molecular weight is 333 g/mol. The van der Waals surface area contributed by atoms with E-state index in [9.17, 15) is 9.18 Å². The van der Waals surface area contributed by atoms with E-state index in [1.165, 1.54) is 28.9 Å². The van der Waals surface area contributed by atoms with Crippen molar-refractivity contribution in [3.05, 3.63) is 26.8 Å². The summed E-state index contributed by atoms with van der Waals surface area (Å²) in [7, 11) is 0. The third-order valence-corrected chi connectivity index (χ3v) is 2.39. The molecule has 0 aromatic carbocycles. The highest BCUT2D eigenvalue weighted by molar-refractivity contribution is 14.1. The molecule has 0 saturated heterocycles. The minimum atomic E-state index is -1.26. The summed E-state index contributed by atoms with van der Waals surface area (Å²) in [5, 5.41) is 0. The number of H-pyrrole nitrogens is 1. The van der Waals surface area contributed by atoms with E-state index in [1.807, 2.05) is 0 Å². The maximum absolute atomic E-state index is 12.6. The monoisotopic (exact) mass is 332 g/mol. The number of halogens is 3. The lowest BCUT2D eigenvalue weighted by Crippen LogP contribution is -2.10.